The van der Waals surface area contributed by atoms with Gasteiger partial charge >= 0.3 is 5.97 Å². The van der Waals surface area contributed by atoms with E-state index in [1.54, 1.807) is 36.4 Å². The third-order valence-electron chi connectivity index (χ3n) is 5.10. The first kappa shape index (κ1) is 22.8. The van der Waals surface area contributed by atoms with Crippen molar-refractivity contribution < 1.29 is 27.5 Å². The Kier molecular flexibility index (Phi) is 7.29. The molecule has 0 aromatic heterocycles. The van der Waals surface area contributed by atoms with Crippen LogP contribution in [0.4, 0.5) is 5.69 Å². The van der Waals surface area contributed by atoms with Gasteiger partial charge in [-0.25, -0.2) is 13.2 Å². The van der Waals surface area contributed by atoms with E-state index < -0.39 is 21.9 Å². The fourth-order valence-electron chi connectivity index (χ4n) is 3.45. The Morgan fingerprint density at radius 1 is 1.10 bits per heavy atom. The Labute approximate surface area is 182 Å². The first-order chi connectivity index (χ1) is 14.8. The molecule has 0 saturated carbocycles. The molecular formula is C22H26N2O6S. The van der Waals surface area contributed by atoms with Gasteiger partial charge in [0.1, 0.15) is 5.75 Å². The maximum Gasteiger partial charge on any atom is 0.337 e. The third kappa shape index (κ3) is 5.42. The minimum Gasteiger partial charge on any atom is -0.494 e. The Hall–Kier alpha value is -2.91. The van der Waals surface area contributed by atoms with E-state index in [2.05, 4.69) is 10.1 Å². The summed E-state index contributed by atoms with van der Waals surface area (Å²) in [6.45, 7) is 2.84. The summed E-state index contributed by atoms with van der Waals surface area (Å²) in [6.07, 6.45) is 1.19. The maximum atomic E-state index is 13.0. The van der Waals surface area contributed by atoms with Crippen LogP contribution in [0.5, 0.6) is 5.75 Å². The second-order valence-electron chi connectivity index (χ2n) is 7.16. The number of carbonyl (C=O) groups excluding carboxylic acids is 2. The SMILES string of the molecule is CCOc1ccc(S(=O)(=O)N2CCC[C@H](C(=O)Nc3ccc(C(=O)OC)cc3)C2)cc1. The number of methoxy groups -OCH3 is 1. The molecule has 1 heterocycles. The number of amides is 1. The van der Waals surface area contributed by atoms with E-state index in [4.69, 9.17) is 4.74 Å². The van der Waals surface area contributed by atoms with Gasteiger partial charge in [-0.3, -0.25) is 4.79 Å². The molecule has 0 aliphatic carbocycles. The molecule has 31 heavy (non-hydrogen) atoms. The number of rotatable bonds is 7. The van der Waals surface area contributed by atoms with Gasteiger partial charge in [0.05, 0.1) is 30.1 Å². The highest BCUT2D eigenvalue weighted by molar-refractivity contribution is 7.89. The summed E-state index contributed by atoms with van der Waals surface area (Å²) in [5.74, 6) is -0.570. The van der Waals surface area contributed by atoms with Gasteiger partial charge in [0.2, 0.25) is 15.9 Å². The number of carbonyl (C=O) groups is 2. The lowest BCUT2D eigenvalue weighted by Crippen LogP contribution is -2.43. The lowest BCUT2D eigenvalue weighted by Gasteiger charge is -2.31. The molecule has 0 bridgehead atoms. The molecule has 1 aliphatic heterocycles. The van der Waals surface area contributed by atoms with Gasteiger partial charge in [0, 0.05) is 18.8 Å². The van der Waals surface area contributed by atoms with Gasteiger partial charge in [-0.2, -0.15) is 4.31 Å². The summed E-state index contributed by atoms with van der Waals surface area (Å²) in [5.41, 5.74) is 0.912. The van der Waals surface area contributed by atoms with Crippen molar-refractivity contribution in [3.63, 3.8) is 0 Å². The van der Waals surface area contributed by atoms with Crippen LogP contribution in [0.25, 0.3) is 0 Å². The van der Waals surface area contributed by atoms with Gasteiger partial charge in [-0.05, 0) is 68.3 Å². The molecule has 9 heteroatoms. The van der Waals surface area contributed by atoms with Gasteiger partial charge < -0.3 is 14.8 Å². The Bertz CT molecular complexity index is 1020. The first-order valence-corrected chi connectivity index (χ1v) is 11.5. The average Bonchev–Trinajstić information content (AvgIpc) is 2.79. The molecule has 1 saturated heterocycles. The molecule has 1 amide bonds. The largest absolute Gasteiger partial charge is 0.494 e. The van der Waals surface area contributed by atoms with Crippen molar-refractivity contribution in [1.29, 1.82) is 0 Å². The molecule has 1 aliphatic rings. The normalized spacial score (nSPS) is 17.0. The lowest BCUT2D eigenvalue weighted by molar-refractivity contribution is -0.120. The number of anilines is 1. The van der Waals surface area contributed by atoms with Crippen molar-refractivity contribution in [2.75, 3.05) is 32.1 Å². The second kappa shape index (κ2) is 9.93. The van der Waals surface area contributed by atoms with E-state index in [1.807, 2.05) is 6.92 Å². The van der Waals surface area contributed by atoms with Crippen molar-refractivity contribution in [3.05, 3.63) is 54.1 Å². The highest BCUT2D eigenvalue weighted by Gasteiger charge is 2.33. The quantitative estimate of drug-likeness (QED) is 0.656. The van der Waals surface area contributed by atoms with Crippen LogP contribution in [0.15, 0.2) is 53.4 Å². The van der Waals surface area contributed by atoms with E-state index in [1.165, 1.54) is 23.5 Å². The number of piperidine rings is 1. The van der Waals surface area contributed by atoms with Crippen molar-refractivity contribution in [1.82, 2.24) is 4.31 Å². The first-order valence-electron chi connectivity index (χ1n) is 10.1. The molecule has 0 radical (unpaired) electrons. The van der Waals surface area contributed by atoms with Crippen LogP contribution < -0.4 is 10.1 Å². The molecule has 8 nitrogen and oxygen atoms in total. The third-order valence-corrected chi connectivity index (χ3v) is 6.98. The zero-order valence-electron chi connectivity index (χ0n) is 17.5. The zero-order valence-corrected chi connectivity index (χ0v) is 18.4. The van der Waals surface area contributed by atoms with Crippen LogP contribution in [-0.4, -0.2) is 51.4 Å². The number of esters is 1. The number of sulfonamides is 1. The number of hydrogen-bond donors (Lipinski definition) is 1. The minimum absolute atomic E-state index is 0.113. The number of nitrogens with zero attached hydrogens (tertiary/aromatic N) is 1. The predicted molar refractivity (Wildman–Crippen MR) is 116 cm³/mol. The van der Waals surface area contributed by atoms with Crippen LogP contribution in [0, 0.1) is 5.92 Å². The van der Waals surface area contributed by atoms with Crippen LogP contribution in [0.2, 0.25) is 0 Å². The van der Waals surface area contributed by atoms with Crippen molar-refractivity contribution in [2.24, 2.45) is 5.92 Å². The smallest absolute Gasteiger partial charge is 0.337 e. The summed E-state index contributed by atoms with van der Waals surface area (Å²) in [4.78, 5) is 24.4. The average molecular weight is 447 g/mol. The number of benzene rings is 2. The molecule has 1 atom stereocenters. The van der Waals surface area contributed by atoms with E-state index in [0.29, 0.717) is 43.0 Å². The second-order valence-corrected chi connectivity index (χ2v) is 9.10. The molecule has 0 spiro atoms. The Morgan fingerprint density at radius 3 is 2.39 bits per heavy atom. The fourth-order valence-corrected chi connectivity index (χ4v) is 4.97. The molecule has 2 aromatic rings. The molecule has 1 fully saturated rings. The molecular weight excluding hydrogens is 420 g/mol. The van der Waals surface area contributed by atoms with Crippen molar-refractivity contribution in [2.45, 2.75) is 24.7 Å². The zero-order chi connectivity index (χ0) is 22.4. The van der Waals surface area contributed by atoms with Crippen LogP contribution in [0.1, 0.15) is 30.1 Å². The molecule has 166 valence electrons. The standard InChI is InChI=1S/C22H26N2O6S/c1-3-30-19-10-12-20(13-11-19)31(27,28)24-14-4-5-17(15-24)21(25)23-18-8-6-16(7-9-18)22(26)29-2/h6-13,17H,3-5,14-15H2,1-2H3,(H,23,25)/t17-/m0/s1. The highest BCUT2D eigenvalue weighted by Crippen LogP contribution is 2.26. The summed E-state index contributed by atoms with van der Waals surface area (Å²) in [6, 6.07) is 12.6. The molecule has 3 rings (SSSR count). The maximum absolute atomic E-state index is 13.0. The molecule has 0 unspecified atom stereocenters. The van der Waals surface area contributed by atoms with Crippen LogP contribution in [0.3, 0.4) is 0 Å². The number of nitrogens with one attached hydrogen (secondary N) is 1. The summed E-state index contributed by atoms with van der Waals surface area (Å²) < 4.78 is 37.4. The highest BCUT2D eigenvalue weighted by atomic mass is 32.2. The molecule has 2 aromatic carbocycles. The number of ether oxygens (including phenoxy) is 2. The Balaban J connectivity index is 1.66. The fraction of sp³-hybridized carbons (Fsp3) is 0.364. The summed E-state index contributed by atoms with van der Waals surface area (Å²) in [5, 5.41) is 2.80. The van der Waals surface area contributed by atoms with Gasteiger partial charge in [-0.1, -0.05) is 0 Å². The summed E-state index contributed by atoms with van der Waals surface area (Å²) in [7, 11) is -2.40. The van der Waals surface area contributed by atoms with Gasteiger partial charge in [0.15, 0.2) is 0 Å². The Morgan fingerprint density at radius 2 is 1.77 bits per heavy atom. The van der Waals surface area contributed by atoms with E-state index in [-0.39, 0.29) is 17.3 Å². The lowest BCUT2D eigenvalue weighted by atomic mass is 9.98. The molecule has 1 N–H and O–H groups in total. The van der Waals surface area contributed by atoms with Crippen molar-refractivity contribution >= 4 is 27.6 Å². The van der Waals surface area contributed by atoms with Gasteiger partial charge in [0.25, 0.3) is 0 Å². The monoisotopic (exact) mass is 446 g/mol. The summed E-state index contributed by atoms with van der Waals surface area (Å²) >= 11 is 0. The van der Waals surface area contributed by atoms with Gasteiger partial charge in [-0.15, -0.1) is 0 Å². The minimum atomic E-state index is -3.70. The van der Waals surface area contributed by atoms with E-state index in [0.717, 1.165) is 0 Å². The van der Waals surface area contributed by atoms with Crippen molar-refractivity contribution in [3.8, 4) is 5.75 Å². The van der Waals surface area contributed by atoms with Crippen LogP contribution >= 0.6 is 0 Å². The van der Waals surface area contributed by atoms with E-state index >= 15 is 0 Å². The predicted octanol–water partition coefficient (Wildman–Crippen LogP) is 2.91. The van der Waals surface area contributed by atoms with E-state index in [9.17, 15) is 18.0 Å². The number of hydrogen-bond acceptors (Lipinski definition) is 6. The topological polar surface area (TPSA) is 102 Å². The van der Waals surface area contributed by atoms with Crippen LogP contribution in [-0.2, 0) is 19.6 Å².